The molecule has 0 spiro atoms. The number of nitrogens with one attached hydrogen (secondary N) is 2. The Morgan fingerprint density at radius 1 is 1.25 bits per heavy atom. The first-order valence-electron chi connectivity index (χ1n) is 7.93. The summed E-state index contributed by atoms with van der Waals surface area (Å²) in [6, 6.07) is 0.230. The van der Waals surface area contributed by atoms with E-state index >= 15 is 0 Å². The second-order valence-corrected chi connectivity index (χ2v) is 6.07. The van der Waals surface area contributed by atoms with Crippen LogP contribution >= 0.6 is 0 Å². The Labute approximate surface area is 121 Å². The van der Waals surface area contributed by atoms with Gasteiger partial charge in [-0.05, 0) is 38.1 Å². The zero-order valence-electron chi connectivity index (χ0n) is 12.7. The van der Waals surface area contributed by atoms with Gasteiger partial charge < -0.3 is 15.5 Å². The Morgan fingerprint density at radius 2 is 1.95 bits per heavy atom. The van der Waals surface area contributed by atoms with Gasteiger partial charge in [0, 0.05) is 25.6 Å². The minimum atomic E-state index is -0.00877. The van der Waals surface area contributed by atoms with Gasteiger partial charge in [0.05, 0.1) is 6.04 Å². The topological polar surface area (TPSA) is 61.4 Å². The number of likely N-dealkylation sites (tertiary alicyclic amines) is 1. The van der Waals surface area contributed by atoms with Gasteiger partial charge in [0.2, 0.25) is 11.8 Å². The normalized spacial score (nSPS) is 28.2. The second kappa shape index (κ2) is 7.07. The van der Waals surface area contributed by atoms with Crippen molar-refractivity contribution < 1.29 is 9.59 Å². The van der Waals surface area contributed by atoms with Crippen LogP contribution in [0.25, 0.3) is 0 Å². The minimum Gasteiger partial charge on any atom is -0.353 e. The monoisotopic (exact) mass is 281 g/mol. The summed E-state index contributed by atoms with van der Waals surface area (Å²) in [5, 5.41) is 6.38. The van der Waals surface area contributed by atoms with Crippen LogP contribution in [0, 0.1) is 5.92 Å². The van der Waals surface area contributed by atoms with Crippen LogP contribution in [0.5, 0.6) is 0 Å². The van der Waals surface area contributed by atoms with Crippen LogP contribution in [0.4, 0.5) is 0 Å². The van der Waals surface area contributed by atoms with Gasteiger partial charge in [-0.1, -0.05) is 13.8 Å². The quantitative estimate of drug-likeness (QED) is 0.808. The fourth-order valence-electron chi connectivity index (χ4n) is 3.15. The van der Waals surface area contributed by atoms with Crippen LogP contribution in [0.1, 0.15) is 46.0 Å². The maximum atomic E-state index is 12.5. The van der Waals surface area contributed by atoms with E-state index in [0.717, 1.165) is 45.3 Å². The van der Waals surface area contributed by atoms with Crippen molar-refractivity contribution in [1.82, 2.24) is 15.5 Å². The summed E-state index contributed by atoms with van der Waals surface area (Å²) in [4.78, 5) is 25.9. The number of carbonyl (C=O) groups is 2. The van der Waals surface area contributed by atoms with E-state index in [1.54, 1.807) is 0 Å². The number of carbonyl (C=O) groups excluding carboxylic acids is 2. The minimum absolute atomic E-state index is 0.00877. The Morgan fingerprint density at radius 3 is 2.55 bits per heavy atom. The van der Waals surface area contributed by atoms with Gasteiger partial charge in [-0.25, -0.2) is 0 Å². The molecule has 0 radical (unpaired) electrons. The fourth-order valence-corrected chi connectivity index (χ4v) is 3.15. The third-order valence-corrected chi connectivity index (χ3v) is 4.53. The largest absolute Gasteiger partial charge is 0.353 e. The third kappa shape index (κ3) is 3.72. The van der Waals surface area contributed by atoms with E-state index in [1.165, 1.54) is 0 Å². The summed E-state index contributed by atoms with van der Waals surface area (Å²) in [6.07, 6.45) is 4.57. The van der Waals surface area contributed by atoms with Crippen molar-refractivity contribution >= 4 is 11.8 Å². The van der Waals surface area contributed by atoms with E-state index in [1.807, 2.05) is 11.8 Å². The van der Waals surface area contributed by atoms with Crippen LogP contribution in [0.15, 0.2) is 0 Å². The average molecular weight is 281 g/mol. The molecule has 0 aromatic rings. The van der Waals surface area contributed by atoms with E-state index in [0.29, 0.717) is 12.3 Å². The molecule has 2 fully saturated rings. The zero-order chi connectivity index (χ0) is 14.5. The number of amides is 2. The highest BCUT2D eigenvalue weighted by Gasteiger charge is 2.32. The van der Waals surface area contributed by atoms with Crippen molar-refractivity contribution in [2.75, 3.05) is 19.6 Å². The van der Waals surface area contributed by atoms with Crippen molar-refractivity contribution in [3.63, 3.8) is 0 Å². The van der Waals surface area contributed by atoms with Crippen molar-refractivity contribution in [2.24, 2.45) is 5.92 Å². The van der Waals surface area contributed by atoms with Crippen LogP contribution in [-0.4, -0.2) is 48.4 Å². The molecule has 2 heterocycles. The predicted octanol–water partition coefficient (Wildman–Crippen LogP) is 0.892. The third-order valence-electron chi connectivity index (χ3n) is 4.53. The summed E-state index contributed by atoms with van der Waals surface area (Å²) >= 11 is 0. The molecule has 2 unspecified atom stereocenters. The summed E-state index contributed by atoms with van der Waals surface area (Å²) in [6.45, 7) is 6.49. The number of hydrogen-bond acceptors (Lipinski definition) is 3. The first-order chi connectivity index (χ1) is 9.61. The number of rotatable bonds is 3. The maximum absolute atomic E-state index is 12.5. The molecular weight excluding hydrogens is 254 g/mol. The van der Waals surface area contributed by atoms with Gasteiger partial charge in [0.15, 0.2) is 0 Å². The average Bonchev–Trinajstić information content (AvgIpc) is 2.47. The lowest BCUT2D eigenvalue weighted by Crippen LogP contribution is -2.55. The molecule has 2 aliphatic heterocycles. The van der Waals surface area contributed by atoms with E-state index < -0.39 is 0 Å². The van der Waals surface area contributed by atoms with Crippen molar-refractivity contribution in [3.8, 4) is 0 Å². The van der Waals surface area contributed by atoms with Gasteiger partial charge in [0.25, 0.3) is 0 Å². The number of piperidine rings is 2. The molecule has 2 saturated heterocycles. The van der Waals surface area contributed by atoms with Crippen LogP contribution < -0.4 is 10.6 Å². The van der Waals surface area contributed by atoms with Crippen LogP contribution in [0.2, 0.25) is 0 Å². The molecule has 0 aromatic carbocycles. The van der Waals surface area contributed by atoms with Crippen molar-refractivity contribution in [1.29, 1.82) is 0 Å². The standard InChI is InChI=1S/C15H27N3O2/c1-3-13(19)17-12-6-9-18(10-7-12)15(20)14-11(2)5-4-8-16-14/h11-12,14,16H,3-10H2,1-2H3,(H,17,19). The lowest BCUT2D eigenvalue weighted by Gasteiger charge is -2.37. The smallest absolute Gasteiger partial charge is 0.239 e. The van der Waals surface area contributed by atoms with Crippen molar-refractivity contribution in [2.45, 2.75) is 58.0 Å². The van der Waals surface area contributed by atoms with E-state index in [9.17, 15) is 9.59 Å². The molecule has 2 atom stereocenters. The summed E-state index contributed by atoms with van der Waals surface area (Å²) < 4.78 is 0. The Hall–Kier alpha value is -1.10. The van der Waals surface area contributed by atoms with Crippen molar-refractivity contribution in [3.05, 3.63) is 0 Å². The molecule has 2 aliphatic rings. The molecule has 0 saturated carbocycles. The van der Waals surface area contributed by atoms with Crippen LogP contribution in [-0.2, 0) is 9.59 Å². The summed E-state index contributed by atoms with van der Waals surface area (Å²) in [7, 11) is 0. The number of nitrogens with zero attached hydrogens (tertiary/aromatic N) is 1. The van der Waals surface area contributed by atoms with Gasteiger partial charge >= 0.3 is 0 Å². The van der Waals surface area contributed by atoms with E-state index in [2.05, 4.69) is 17.6 Å². The second-order valence-electron chi connectivity index (χ2n) is 6.07. The zero-order valence-corrected chi connectivity index (χ0v) is 12.7. The lowest BCUT2D eigenvalue weighted by molar-refractivity contribution is -0.136. The van der Waals surface area contributed by atoms with Gasteiger partial charge in [0.1, 0.15) is 0 Å². The van der Waals surface area contributed by atoms with Gasteiger partial charge in [-0.3, -0.25) is 9.59 Å². The molecule has 20 heavy (non-hydrogen) atoms. The Bertz CT molecular complexity index is 351. The lowest BCUT2D eigenvalue weighted by atomic mass is 9.91. The first-order valence-corrected chi connectivity index (χ1v) is 7.93. The molecular formula is C15H27N3O2. The Kier molecular flexibility index (Phi) is 5.40. The summed E-state index contributed by atoms with van der Waals surface area (Å²) in [5.74, 6) is 0.781. The van der Waals surface area contributed by atoms with E-state index in [-0.39, 0.29) is 23.9 Å². The first kappa shape index (κ1) is 15.3. The molecule has 5 nitrogen and oxygen atoms in total. The summed E-state index contributed by atoms with van der Waals surface area (Å²) in [5.41, 5.74) is 0. The van der Waals surface area contributed by atoms with Gasteiger partial charge in [-0.2, -0.15) is 0 Å². The molecule has 2 rings (SSSR count). The molecule has 0 bridgehead atoms. The van der Waals surface area contributed by atoms with Gasteiger partial charge in [-0.15, -0.1) is 0 Å². The van der Waals surface area contributed by atoms with Crippen LogP contribution in [0.3, 0.4) is 0 Å². The Balaban J connectivity index is 1.80. The maximum Gasteiger partial charge on any atom is 0.239 e. The molecule has 0 aliphatic carbocycles. The highest BCUT2D eigenvalue weighted by atomic mass is 16.2. The highest BCUT2D eigenvalue weighted by Crippen LogP contribution is 2.19. The predicted molar refractivity (Wildman–Crippen MR) is 78.2 cm³/mol. The fraction of sp³-hybridized carbons (Fsp3) is 0.867. The molecule has 114 valence electrons. The molecule has 5 heteroatoms. The molecule has 2 N–H and O–H groups in total. The SMILES string of the molecule is CCC(=O)NC1CCN(C(=O)C2NCCCC2C)CC1. The molecule has 2 amide bonds. The highest BCUT2D eigenvalue weighted by molar-refractivity contribution is 5.82. The van der Waals surface area contributed by atoms with E-state index in [4.69, 9.17) is 0 Å². The molecule has 0 aromatic heterocycles. The number of hydrogen-bond donors (Lipinski definition) is 2.